The topological polar surface area (TPSA) is 38.3 Å². The van der Waals surface area contributed by atoms with Crippen molar-refractivity contribution in [1.82, 2.24) is 5.32 Å². The number of amides is 1. The smallest absolute Gasteiger partial charge is 0.222 e. The average molecular weight is 169 g/mol. The summed E-state index contributed by atoms with van der Waals surface area (Å²) in [6.45, 7) is 6.84. The molecule has 1 heterocycles. The highest BCUT2D eigenvalue weighted by Gasteiger charge is 2.20. The third-order valence-electron chi connectivity index (χ3n) is 2.12. The maximum atomic E-state index is 11.1. The van der Waals surface area contributed by atoms with Crippen LogP contribution in [0.3, 0.4) is 0 Å². The quantitative estimate of drug-likeness (QED) is 0.618. The summed E-state index contributed by atoms with van der Waals surface area (Å²) in [4.78, 5) is 11.1. The van der Waals surface area contributed by atoms with Crippen LogP contribution in [0.4, 0.5) is 0 Å². The van der Waals surface area contributed by atoms with Gasteiger partial charge in [-0.15, -0.1) is 6.58 Å². The molecule has 1 N–H and O–H groups in total. The van der Waals surface area contributed by atoms with Crippen molar-refractivity contribution < 1.29 is 9.53 Å². The largest absolute Gasteiger partial charge is 0.379 e. The van der Waals surface area contributed by atoms with Crippen LogP contribution in [0.2, 0.25) is 0 Å². The van der Waals surface area contributed by atoms with Crippen LogP contribution in [0.1, 0.15) is 13.3 Å². The zero-order valence-corrected chi connectivity index (χ0v) is 7.38. The van der Waals surface area contributed by atoms with Crippen LogP contribution in [-0.2, 0) is 9.53 Å². The van der Waals surface area contributed by atoms with Crippen molar-refractivity contribution in [2.75, 3.05) is 13.2 Å². The monoisotopic (exact) mass is 169 g/mol. The Morgan fingerprint density at radius 1 is 1.83 bits per heavy atom. The molecule has 2 atom stereocenters. The van der Waals surface area contributed by atoms with E-state index in [0.717, 1.165) is 0 Å². The van der Waals surface area contributed by atoms with Gasteiger partial charge in [0.15, 0.2) is 0 Å². The number of hydrogen-bond donors (Lipinski definition) is 1. The van der Waals surface area contributed by atoms with E-state index in [1.54, 1.807) is 0 Å². The zero-order valence-electron chi connectivity index (χ0n) is 7.38. The van der Waals surface area contributed by atoms with Crippen molar-refractivity contribution in [3.8, 4) is 0 Å². The molecule has 0 aliphatic carbocycles. The molecule has 12 heavy (non-hydrogen) atoms. The lowest BCUT2D eigenvalue weighted by molar-refractivity contribution is -0.121. The summed E-state index contributed by atoms with van der Waals surface area (Å²) in [5, 5.41) is 2.89. The average Bonchev–Trinajstić information content (AvgIpc) is 2.28. The van der Waals surface area contributed by atoms with E-state index in [1.165, 1.54) is 0 Å². The van der Waals surface area contributed by atoms with E-state index >= 15 is 0 Å². The zero-order chi connectivity index (χ0) is 8.97. The van der Waals surface area contributed by atoms with Gasteiger partial charge in [0.25, 0.3) is 0 Å². The minimum Gasteiger partial charge on any atom is -0.379 e. The number of hydrogen-bond acceptors (Lipinski definition) is 2. The van der Waals surface area contributed by atoms with Crippen LogP contribution in [0.25, 0.3) is 0 Å². The first kappa shape index (κ1) is 9.26. The number of carbonyl (C=O) groups is 1. The Labute approximate surface area is 72.8 Å². The van der Waals surface area contributed by atoms with E-state index in [4.69, 9.17) is 4.74 Å². The molecule has 0 saturated carbocycles. The minimum atomic E-state index is 0.0752. The number of rotatable bonds is 2. The molecule has 0 aromatic carbocycles. The molecule has 3 heteroatoms. The molecule has 1 rings (SSSR count). The molecule has 3 nitrogen and oxygen atoms in total. The maximum absolute atomic E-state index is 11.1. The van der Waals surface area contributed by atoms with E-state index in [0.29, 0.717) is 19.6 Å². The number of ether oxygens (including phenoxy) is 1. The molecule has 1 aliphatic heterocycles. The van der Waals surface area contributed by atoms with E-state index in [9.17, 15) is 4.79 Å². The molecule has 2 unspecified atom stereocenters. The third kappa shape index (κ3) is 2.34. The molecule has 0 radical (unpaired) electrons. The van der Waals surface area contributed by atoms with E-state index in [2.05, 4.69) is 11.9 Å². The van der Waals surface area contributed by atoms with Crippen molar-refractivity contribution in [3.05, 3.63) is 12.7 Å². The van der Waals surface area contributed by atoms with Crippen molar-refractivity contribution in [2.24, 2.45) is 5.92 Å². The van der Waals surface area contributed by atoms with Gasteiger partial charge >= 0.3 is 0 Å². The van der Waals surface area contributed by atoms with Gasteiger partial charge in [0.1, 0.15) is 0 Å². The first-order chi connectivity index (χ1) is 5.74. The summed E-state index contributed by atoms with van der Waals surface area (Å²) in [6.07, 6.45) is 2.31. The van der Waals surface area contributed by atoms with E-state index < -0.39 is 0 Å². The molecule has 0 aromatic rings. The summed E-state index contributed by atoms with van der Waals surface area (Å²) in [5.41, 5.74) is 0. The van der Waals surface area contributed by atoms with Crippen molar-refractivity contribution in [1.29, 1.82) is 0 Å². The van der Waals surface area contributed by atoms with Gasteiger partial charge in [-0.3, -0.25) is 4.79 Å². The van der Waals surface area contributed by atoms with Crippen molar-refractivity contribution in [2.45, 2.75) is 19.4 Å². The molecular formula is C9H15NO2. The van der Waals surface area contributed by atoms with E-state index in [-0.39, 0.29) is 17.9 Å². The second kappa shape index (κ2) is 4.26. The highest BCUT2D eigenvalue weighted by Crippen LogP contribution is 2.07. The Hall–Kier alpha value is -0.830. The fourth-order valence-electron chi connectivity index (χ4n) is 1.14. The summed E-state index contributed by atoms with van der Waals surface area (Å²) < 4.78 is 5.27. The Balaban J connectivity index is 2.51. The Morgan fingerprint density at radius 3 is 3.25 bits per heavy atom. The minimum absolute atomic E-state index is 0.0752. The van der Waals surface area contributed by atoms with Crippen LogP contribution in [0.5, 0.6) is 0 Å². The van der Waals surface area contributed by atoms with Crippen LogP contribution < -0.4 is 5.32 Å². The Morgan fingerprint density at radius 2 is 2.58 bits per heavy atom. The fraction of sp³-hybridized carbons (Fsp3) is 0.667. The Kier molecular flexibility index (Phi) is 3.29. The van der Waals surface area contributed by atoms with Crippen LogP contribution in [-0.4, -0.2) is 25.2 Å². The van der Waals surface area contributed by atoms with Gasteiger partial charge in [0.2, 0.25) is 5.91 Å². The van der Waals surface area contributed by atoms with Gasteiger partial charge in [-0.25, -0.2) is 0 Å². The van der Waals surface area contributed by atoms with Gasteiger partial charge in [0.05, 0.1) is 19.3 Å². The molecule has 0 spiro atoms. The predicted molar refractivity (Wildman–Crippen MR) is 46.7 cm³/mol. The molecule has 68 valence electrons. The SMILES string of the molecule is C=CC(C)C1COCCC(=O)N1. The number of nitrogens with one attached hydrogen (secondary N) is 1. The lowest BCUT2D eigenvalue weighted by Gasteiger charge is -2.19. The molecular weight excluding hydrogens is 154 g/mol. The standard InChI is InChI=1S/C9H15NO2/c1-3-7(2)8-6-12-5-4-9(11)10-8/h3,7-8H,1,4-6H2,2H3,(H,10,11). The van der Waals surface area contributed by atoms with Gasteiger partial charge in [-0.05, 0) is 5.92 Å². The van der Waals surface area contributed by atoms with E-state index in [1.807, 2.05) is 13.0 Å². The highest BCUT2D eigenvalue weighted by molar-refractivity contribution is 5.76. The van der Waals surface area contributed by atoms with Gasteiger partial charge in [-0.2, -0.15) is 0 Å². The maximum Gasteiger partial charge on any atom is 0.222 e. The van der Waals surface area contributed by atoms with Crippen molar-refractivity contribution in [3.63, 3.8) is 0 Å². The normalized spacial score (nSPS) is 27.1. The second-order valence-corrected chi connectivity index (χ2v) is 3.09. The molecule has 1 amide bonds. The third-order valence-corrected chi connectivity index (χ3v) is 2.12. The molecule has 1 saturated heterocycles. The first-order valence-corrected chi connectivity index (χ1v) is 4.23. The lowest BCUT2D eigenvalue weighted by Crippen LogP contribution is -2.39. The van der Waals surface area contributed by atoms with Crippen LogP contribution >= 0.6 is 0 Å². The second-order valence-electron chi connectivity index (χ2n) is 3.09. The van der Waals surface area contributed by atoms with Gasteiger partial charge in [0, 0.05) is 6.42 Å². The van der Waals surface area contributed by atoms with Gasteiger partial charge in [-0.1, -0.05) is 13.0 Å². The Bertz CT molecular complexity index is 179. The lowest BCUT2D eigenvalue weighted by atomic mass is 10.0. The summed E-state index contributed by atoms with van der Waals surface area (Å²) in [6, 6.07) is 0.0949. The molecule has 1 fully saturated rings. The van der Waals surface area contributed by atoms with Gasteiger partial charge < -0.3 is 10.1 Å². The number of carbonyl (C=O) groups excluding carboxylic acids is 1. The summed E-state index contributed by atoms with van der Waals surface area (Å²) in [5.74, 6) is 0.346. The highest BCUT2D eigenvalue weighted by atomic mass is 16.5. The molecule has 1 aliphatic rings. The molecule has 0 bridgehead atoms. The van der Waals surface area contributed by atoms with Crippen LogP contribution in [0.15, 0.2) is 12.7 Å². The van der Waals surface area contributed by atoms with Crippen molar-refractivity contribution >= 4 is 5.91 Å². The fourth-order valence-corrected chi connectivity index (χ4v) is 1.14. The first-order valence-electron chi connectivity index (χ1n) is 4.23. The summed E-state index contributed by atoms with van der Waals surface area (Å²) >= 11 is 0. The van der Waals surface area contributed by atoms with Crippen LogP contribution in [0, 0.1) is 5.92 Å². The predicted octanol–water partition coefficient (Wildman–Crippen LogP) is 0.714. The molecule has 0 aromatic heterocycles. The summed E-state index contributed by atoms with van der Waals surface area (Å²) in [7, 11) is 0.